The van der Waals surface area contributed by atoms with E-state index in [2.05, 4.69) is 12.2 Å². The van der Waals surface area contributed by atoms with Crippen molar-refractivity contribution in [3.8, 4) is 0 Å². The zero-order valence-electron chi connectivity index (χ0n) is 7.21. The van der Waals surface area contributed by atoms with Gasteiger partial charge in [-0.1, -0.05) is 19.8 Å². The van der Waals surface area contributed by atoms with Gasteiger partial charge in [0.2, 0.25) is 0 Å². The lowest BCUT2D eigenvalue weighted by Crippen LogP contribution is -2.36. The second kappa shape index (κ2) is 7.98. The van der Waals surface area contributed by atoms with Crippen LogP contribution in [0.2, 0.25) is 0 Å². The Morgan fingerprint density at radius 2 is 1.82 bits per heavy atom. The molecule has 0 saturated heterocycles. The van der Waals surface area contributed by atoms with Crippen LogP contribution in [0.1, 0.15) is 26.2 Å². The van der Waals surface area contributed by atoms with Gasteiger partial charge in [0.05, 0.1) is 19.3 Å². The first kappa shape index (κ1) is 10.9. The molecule has 0 atom stereocenters. The van der Waals surface area contributed by atoms with Gasteiger partial charge in [-0.3, -0.25) is 0 Å². The number of unbranched alkanes of at least 4 members (excludes halogenated alkanes) is 2. The lowest BCUT2D eigenvalue weighted by molar-refractivity contribution is 0.171. The monoisotopic (exact) mass is 161 g/mol. The van der Waals surface area contributed by atoms with Gasteiger partial charge >= 0.3 is 0 Å². The van der Waals surface area contributed by atoms with Crippen molar-refractivity contribution >= 4 is 0 Å². The SMILES string of the molecule is CCCCCNC(CO)CO. The molecule has 0 aliphatic carbocycles. The predicted octanol–water partition coefficient (Wildman–Crippen LogP) is 0.119. The number of hydrogen-bond donors (Lipinski definition) is 3. The number of nitrogens with one attached hydrogen (secondary N) is 1. The van der Waals surface area contributed by atoms with Gasteiger partial charge in [0.25, 0.3) is 0 Å². The molecule has 3 heteroatoms. The van der Waals surface area contributed by atoms with Crippen molar-refractivity contribution in [2.24, 2.45) is 0 Å². The molecule has 0 bridgehead atoms. The summed E-state index contributed by atoms with van der Waals surface area (Å²) in [5, 5.41) is 20.4. The van der Waals surface area contributed by atoms with Crippen LogP contribution in [0.25, 0.3) is 0 Å². The van der Waals surface area contributed by atoms with Crippen molar-refractivity contribution in [2.45, 2.75) is 32.2 Å². The van der Waals surface area contributed by atoms with Gasteiger partial charge in [-0.05, 0) is 13.0 Å². The summed E-state index contributed by atoms with van der Waals surface area (Å²) in [6.45, 7) is 3.07. The van der Waals surface area contributed by atoms with Gasteiger partial charge in [0, 0.05) is 0 Å². The molecule has 0 aromatic rings. The summed E-state index contributed by atoms with van der Waals surface area (Å²) in [5.74, 6) is 0. The van der Waals surface area contributed by atoms with Crippen LogP contribution in [0.3, 0.4) is 0 Å². The van der Waals surface area contributed by atoms with E-state index in [-0.39, 0.29) is 19.3 Å². The first-order valence-corrected chi connectivity index (χ1v) is 4.30. The van der Waals surface area contributed by atoms with E-state index < -0.39 is 0 Å². The van der Waals surface area contributed by atoms with Crippen LogP contribution < -0.4 is 5.32 Å². The third-order valence-corrected chi connectivity index (χ3v) is 1.65. The number of aliphatic hydroxyl groups excluding tert-OH is 2. The molecule has 0 rings (SSSR count). The van der Waals surface area contributed by atoms with E-state index in [1.54, 1.807) is 0 Å². The standard InChI is InChI=1S/C8H19NO2/c1-2-3-4-5-9-8(6-10)7-11/h8-11H,2-7H2,1H3. The highest BCUT2D eigenvalue weighted by atomic mass is 16.3. The molecule has 3 nitrogen and oxygen atoms in total. The highest BCUT2D eigenvalue weighted by molar-refractivity contribution is 4.62. The first-order chi connectivity index (χ1) is 5.35. The number of rotatable bonds is 7. The molecule has 0 heterocycles. The van der Waals surface area contributed by atoms with E-state index >= 15 is 0 Å². The Morgan fingerprint density at radius 1 is 1.18 bits per heavy atom. The minimum absolute atomic E-state index is 0.0165. The fourth-order valence-corrected chi connectivity index (χ4v) is 0.868. The average molecular weight is 161 g/mol. The van der Waals surface area contributed by atoms with Crippen molar-refractivity contribution in [3.05, 3.63) is 0 Å². The Morgan fingerprint density at radius 3 is 2.27 bits per heavy atom. The van der Waals surface area contributed by atoms with Gasteiger partial charge in [-0.2, -0.15) is 0 Å². The Kier molecular flexibility index (Phi) is 7.89. The smallest absolute Gasteiger partial charge is 0.0607 e. The molecule has 0 amide bonds. The Labute approximate surface area is 68.4 Å². The van der Waals surface area contributed by atoms with E-state index in [9.17, 15) is 0 Å². The van der Waals surface area contributed by atoms with Crippen molar-refractivity contribution < 1.29 is 10.2 Å². The van der Waals surface area contributed by atoms with Gasteiger partial charge in [-0.15, -0.1) is 0 Å². The summed E-state index contributed by atoms with van der Waals surface area (Å²) in [5.41, 5.74) is 0. The lowest BCUT2D eigenvalue weighted by Gasteiger charge is -2.12. The molecular formula is C8H19NO2. The highest BCUT2D eigenvalue weighted by Crippen LogP contribution is 1.91. The largest absolute Gasteiger partial charge is 0.395 e. The van der Waals surface area contributed by atoms with E-state index in [4.69, 9.17) is 10.2 Å². The molecule has 0 aromatic carbocycles. The minimum atomic E-state index is -0.133. The van der Waals surface area contributed by atoms with Crippen molar-refractivity contribution in [3.63, 3.8) is 0 Å². The molecule has 0 aliphatic rings. The van der Waals surface area contributed by atoms with Crippen LogP contribution in [0, 0.1) is 0 Å². The Bertz CT molecular complexity index is 74.5. The summed E-state index contributed by atoms with van der Waals surface area (Å²) >= 11 is 0. The molecule has 0 aromatic heterocycles. The third kappa shape index (κ3) is 6.28. The number of hydrogen-bond acceptors (Lipinski definition) is 3. The second-order valence-corrected chi connectivity index (χ2v) is 2.72. The molecule has 3 N–H and O–H groups in total. The molecule has 0 fully saturated rings. The summed E-state index contributed by atoms with van der Waals surface area (Å²) in [7, 11) is 0. The van der Waals surface area contributed by atoms with Gasteiger partial charge in [0.15, 0.2) is 0 Å². The quantitative estimate of drug-likeness (QED) is 0.465. The van der Waals surface area contributed by atoms with E-state index in [0.29, 0.717) is 0 Å². The normalized spacial score (nSPS) is 10.9. The Balaban J connectivity index is 3.07. The zero-order valence-corrected chi connectivity index (χ0v) is 7.21. The Hall–Kier alpha value is -0.120. The summed E-state index contributed by atoms with van der Waals surface area (Å²) in [6.07, 6.45) is 3.52. The average Bonchev–Trinajstić information content (AvgIpc) is 2.05. The zero-order chi connectivity index (χ0) is 8.53. The van der Waals surface area contributed by atoms with Crippen molar-refractivity contribution in [1.29, 1.82) is 0 Å². The number of aliphatic hydroxyl groups is 2. The highest BCUT2D eigenvalue weighted by Gasteiger charge is 2.01. The maximum Gasteiger partial charge on any atom is 0.0607 e. The van der Waals surface area contributed by atoms with Gasteiger partial charge < -0.3 is 15.5 Å². The molecule has 0 radical (unpaired) electrons. The fraction of sp³-hybridized carbons (Fsp3) is 1.00. The van der Waals surface area contributed by atoms with E-state index in [0.717, 1.165) is 13.0 Å². The predicted molar refractivity (Wildman–Crippen MR) is 45.5 cm³/mol. The summed E-state index contributed by atoms with van der Waals surface area (Å²) in [4.78, 5) is 0. The van der Waals surface area contributed by atoms with E-state index in [1.807, 2.05) is 0 Å². The minimum Gasteiger partial charge on any atom is -0.395 e. The lowest BCUT2D eigenvalue weighted by atomic mass is 10.2. The molecule has 0 saturated carbocycles. The molecular weight excluding hydrogens is 142 g/mol. The van der Waals surface area contributed by atoms with Crippen LogP contribution in [0.15, 0.2) is 0 Å². The maximum absolute atomic E-state index is 8.66. The van der Waals surface area contributed by atoms with Gasteiger partial charge in [-0.25, -0.2) is 0 Å². The molecule has 0 aliphatic heterocycles. The van der Waals surface area contributed by atoms with Crippen LogP contribution in [0.4, 0.5) is 0 Å². The van der Waals surface area contributed by atoms with Crippen LogP contribution in [0.5, 0.6) is 0 Å². The van der Waals surface area contributed by atoms with Crippen LogP contribution in [-0.4, -0.2) is 36.0 Å². The topological polar surface area (TPSA) is 52.5 Å². The molecule has 11 heavy (non-hydrogen) atoms. The first-order valence-electron chi connectivity index (χ1n) is 4.30. The van der Waals surface area contributed by atoms with Crippen molar-refractivity contribution in [2.75, 3.05) is 19.8 Å². The van der Waals surface area contributed by atoms with Gasteiger partial charge in [0.1, 0.15) is 0 Å². The second-order valence-electron chi connectivity index (χ2n) is 2.72. The third-order valence-electron chi connectivity index (χ3n) is 1.65. The fourth-order valence-electron chi connectivity index (χ4n) is 0.868. The van der Waals surface area contributed by atoms with Crippen LogP contribution >= 0.6 is 0 Å². The maximum atomic E-state index is 8.66. The molecule has 68 valence electrons. The van der Waals surface area contributed by atoms with Crippen LogP contribution in [-0.2, 0) is 0 Å². The van der Waals surface area contributed by atoms with Crippen molar-refractivity contribution in [1.82, 2.24) is 5.32 Å². The molecule has 0 spiro atoms. The van der Waals surface area contributed by atoms with E-state index in [1.165, 1.54) is 12.8 Å². The molecule has 0 unspecified atom stereocenters. The summed E-state index contributed by atoms with van der Waals surface area (Å²) < 4.78 is 0. The summed E-state index contributed by atoms with van der Waals surface area (Å²) in [6, 6.07) is -0.133.